The molecule has 1 saturated heterocycles. The van der Waals surface area contributed by atoms with Crippen LogP contribution in [0.4, 0.5) is 24.7 Å². The highest BCUT2D eigenvalue weighted by molar-refractivity contribution is 6.04. The number of pyridine rings is 1. The summed E-state index contributed by atoms with van der Waals surface area (Å²) >= 11 is 0. The zero-order valence-corrected chi connectivity index (χ0v) is 16.1. The van der Waals surface area contributed by atoms with E-state index in [4.69, 9.17) is 4.42 Å². The molecule has 160 valence electrons. The fraction of sp³-hybridized carbons (Fsp3) is 0.238. The van der Waals surface area contributed by atoms with Gasteiger partial charge in [0.2, 0.25) is 11.7 Å². The number of carbonyl (C=O) groups is 2. The number of Topliss-reactive ketones (excluding diaryl/α,β-unsaturated/α-hetero) is 1. The number of hydrogen-bond donors (Lipinski definition) is 1. The molecule has 1 N–H and O–H groups in total. The number of halogens is 3. The van der Waals surface area contributed by atoms with E-state index in [9.17, 15) is 22.8 Å². The summed E-state index contributed by atoms with van der Waals surface area (Å²) in [5.41, 5.74) is -0.331. The smallest absolute Gasteiger partial charge is 0.431 e. The van der Waals surface area contributed by atoms with Crippen LogP contribution in [0, 0.1) is 0 Å². The lowest BCUT2D eigenvalue weighted by molar-refractivity contribution is -0.153. The summed E-state index contributed by atoms with van der Waals surface area (Å²) in [6.07, 6.45) is -2.66. The molecule has 0 spiro atoms. The number of ketones is 1. The van der Waals surface area contributed by atoms with Crippen LogP contribution >= 0.6 is 0 Å². The number of alkyl halides is 3. The van der Waals surface area contributed by atoms with E-state index in [0.717, 1.165) is 0 Å². The molecule has 2 aromatic heterocycles. The van der Waals surface area contributed by atoms with Crippen LogP contribution in [0.3, 0.4) is 0 Å². The Labute approximate surface area is 174 Å². The Morgan fingerprint density at radius 2 is 1.77 bits per heavy atom. The fourth-order valence-corrected chi connectivity index (χ4v) is 3.19. The Kier molecular flexibility index (Phi) is 5.45. The van der Waals surface area contributed by atoms with Crippen molar-refractivity contribution in [3.63, 3.8) is 0 Å². The van der Waals surface area contributed by atoms with Crippen molar-refractivity contribution in [1.82, 2.24) is 9.97 Å². The number of nitrogens with one attached hydrogen (secondary N) is 1. The van der Waals surface area contributed by atoms with Crippen molar-refractivity contribution >= 4 is 23.2 Å². The van der Waals surface area contributed by atoms with Gasteiger partial charge in [-0.1, -0.05) is 18.2 Å². The van der Waals surface area contributed by atoms with E-state index >= 15 is 0 Å². The van der Waals surface area contributed by atoms with Crippen LogP contribution in [0.15, 0.2) is 53.1 Å². The maximum atomic E-state index is 13.4. The van der Waals surface area contributed by atoms with Gasteiger partial charge in [-0.15, -0.1) is 0 Å². The van der Waals surface area contributed by atoms with Gasteiger partial charge in [0, 0.05) is 31.5 Å². The predicted octanol–water partition coefficient (Wildman–Crippen LogP) is 4.18. The zero-order chi connectivity index (χ0) is 22.0. The Morgan fingerprint density at radius 3 is 2.39 bits per heavy atom. The highest BCUT2D eigenvalue weighted by atomic mass is 19.4. The molecule has 0 bridgehead atoms. The summed E-state index contributed by atoms with van der Waals surface area (Å²) in [5, 5.41) is 2.38. The van der Waals surface area contributed by atoms with Gasteiger partial charge in [-0.25, -0.2) is 9.97 Å². The first kappa shape index (κ1) is 20.6. The molecule has 1 fully saturated rings. The third kappa shape index (κ3) is 4.57. The van der Waals surface area contributed by atoms with Gasteiger partial charge in [0.15, 0.2) is 5.69 Å². The molecule has 4 rings (SSSR count). The second kappa shape index (κ2) is 8.21. The second-order valence-corrected chi connectivity index (χ2v) is 6.95. The van der Waals surface area contributed by atoms with Crippen LogP contribution in [0.5, 0.6) is 0 Å². The van der Waals surface area contributed by atoms with E-state index in [1.807, 2.05) is 4.90 Å². The molecular formula is C21H17F3N4O3. The van der Waals surface area contributed by atoms with E-state index in [2.05, 4.69) is 15.3 Å². The lowest BCUT2D eigenvalue weighted by Crippen LogP contribution is -2.34. The topological polar surface area (TPSA) is 88.3 Å². The van der Waals surface area contributed by atoms with E-state index in [1.54, 1.807) is 24.3 Å². The molecule has 10 heteroatoms. The number of benzene rings is 1. The molecule has 0 radical (unpaired) electrons. The molecular weight excluding hydrogens is 413 g/mol. The third-order valence-electron chi connectivity index (χ3n) is 4.77. The highest BCUT2D eigenvalue weighted by Gasteiger charge is 2.42. The van der Waals surface area contributed by atoms with Crippen molar-refractivity contribution in [1.29, 1.82) is 0 Å². The number of rotatable bonds is 4. The molecule has 7 nitrogen and oxygen atoms in total. The van der Waals surface area contributed by atoms with E-state index in [1.165, 1.54) is 24.4 Å². The number of amides is 1. The monoisotopic (exact) mass is 430 g/mol. The molecule has 0 aliphatic carbocycles. The normalized spacial score (nSPS) is 14.5. The molecule has 1 aliphatic heterocycles. The minimum absolute atomic E-state index is 0.197. The Morgan fingerprint density at radius 1 is 1.06 bits per heavy atom. The summed E-state index contributed by atoms with van der Waals surface area (Å²) in [6.45, 7) is 1.10. The van der Waals surface area contributed by atoms with Gasteiger partial charge in [-0.05, 0) is 24.3 Å². The van der Waals surface area contributed by atoms with Gasteiger partial charge in [0.05, 0.1) is 11.9 Å². The Balaban J connectivity index is 1.54. The van der Waals surface area contributed by atoms with Crippen LogP contribution < -0.4 is 10.2 Å². The van der Waals surface area contributed by atoms with Gasteiger partial charge in [0.25, 0.3) is 5.91 Å². The van der Waals surface area contributed by atoms with Crippen molar-refractivity contribution in [3.05, 3.63) is 60.1 Å². The quantitative estimate of drug-likeness (QED) is 0.668. The number of nitrogens with zero attached hydrogens (tertiary/aromatic N) is 3. The van der Waals surface area contributed by atoms with E-state index < -0.39 is 23.5 Å². The van der Waals surface area contributed by atoms with E-state index in [-0.39, 0.29) is 17.4 Å². The summed E-state index contributed by atoms with van der Waals surface area (Å²) in [4.78, 5) is 33.8. The maximum Gasteiger partial charge on any atom is 0.452 e. The number of anilines is 2. The standard InChI is InChI=1S/C21H17F3N4O3/c22-21(23,24)18-17(27-20(31-18)13-4-2-1-3-5-13)19(30)26-14-6-7-16(25-12-14)28-10-8-15(29)9-11-28/h1-7,12H,8-11H2,(H,26,30). The van der Waals surface area contributed by atoms with Gasteiger partial charge < -0.3 is 14.6 Å². The summed E-state index contributed by atoms with van der Waals surface area (Å²) in [5.74, 6) is -2.01. The highest BCUT2D eigenvalue weighted by Crippen LogP contribution is 2.35. The molecule has 1 aromatic carbocycles. The largest absolute Gasteiger partial charge is 0.452 e. The SMILES string of the molecule is O=C1CCN(c2ccc(NC(=O)c3nc(-c4ccccc4)oc3C(F)(F)F)cn2)CC1. The van der Waals surface area contributed by atoms with E-state index in [0.29, 0.717) is 37.3 Å². The zero-order valence-electron chi connectivity index (χ0n) is 16.1. The van der Waals surface area contributed by atoms with Gasteiger partial charge in [0.1, 0.15) is 11.6 Å². The van der Waals surface area contributed by atoms with Gasteiger partial charge in [-0.3, -0.25) is 9.59 Å². The minimum atomic E-state index is -4.89. The second-order valence-electron chi connectivity index (χ2n) is 6.95. The Bertz CT molecular complexity index is 1090. The van der Waals surface area contributed by atoms with Crippen molar-refractivity contribution < 1.29 is 27.2 Å². The molecule has 0 atom stereocenters. The number of carbonyl (C=O) groups excluding carboxylic acids is 2. The number of hydrogen-bond acceptors (Lipinski definition) is 6. The predicted molar refractivity (Wildman–Crippen MR) is 106 cm³/mol. The van der Waals surface area contributed by atoms with Crippen molar-refractivity contribution in [2.24, 2.45) is 0 Å². The summed E-state index contributed by atoms with van der Waals surface area (Å²) < 4.78 is 45.1. The first-order valence-corrected chi connectivity index (χ1v) is 9.49. The minimum Gasteiger partial charge on any atom is -0.431 e. The van der Waals surface area contributed by atoms with Crippen LogP contribution in [-0.4, -0.2) is 34.7 Å². The van der Waals surface area contributed by atoms with Crippen LogP contribution in [0.1, 0.15) is 29.1 Å². The third-order valence-corrected chi connectivity index (χ3v) is 4.77. The lowest BCUT2D eigenvalue weighted by atomic mass is 10.1. The molecule has 0 saturated carbocycles. The molecule has 1 amide bonds. The van der Waals surface area contributed by atoms with Gasteiger partial charge in [-0.2, -0.15) is 13.2 Å². The number of oxazole rings is 1. The summed E-state index contributed by atoms with van der Waals surface area (Å²) in [7, 11) is 0. The number of aromatic nitrogens is 2. The van der Waals surface area contributed by atoms with Crippen molar-refractivity contribution in [2.75, 3.05) is 23.3 Å². The average Bonchev–Trinajstić information content (AvgIpc) is 3.22. The first-order valence-electron chi connectivity index (χ1n) is 9.49. The Hall–Kier alpha value is -3.69. The van der Waals surface area contributed by atoms with Crippen LogP contribution in [-0.2, 0) is 11.0 Å². The molecule has 1 aliphatic rings. The lowest BCUT2D eigenvalue weighted by Gasteiger charge is -2.27. The number of piperidine rings is 1. The summed E-state index contributed by atoms with van der Waals surface area (Å²) in [6, 6.07) is 11.2. The average molecular weight is 430 g/mol. The fourth-order valence-electron chi connectivity index (χ4n) is 3.19. The van der Waals surface area contributed by atoms with Crippen LogP contribution in [0.25, 0.3) is 11.5 Å². The van der Waals surface area contributed by atoms with Crippen molar-refractivity contribution in [3.8, 4) is 11.5 Å². The first-order chi connectivity index (χ1) is 14.8. The van der Waals surface area contributed by atoms with Crippen LogP contribution in [0.2, 0.25) is 0 Å². The molecule has 3 heterocycles. The van der Waals surface area contributed by atoms with Gasteiger partial charge >= 0.3 is 6.18 Å². The van der Waals surface area contributed by atoms with Crippen molar-refractivity contribution in [2.45, 2.75) is 19.0 Å². The molecule has 0 unspecified atom stereocenters. The molecule has 31 heavy (non-hydrogen) atoms. The maximum absolute atomic E-state index is 13.4. The molecule has 3 aromatic rings.